The predicted molar refractivity (Wildman–Crippen MR) is 58.6 cm³/mol. The van der Waals surface area contributed by atoms with E-state index in [-0.39, 0.29) is 18.2 Å². The fraction of sp³-hybridized carbons (Fsp3) is 0.444. The van der Waals surface area contributed by atoms with E-state index in [2.05, 4.69) is 14.7 Å². The largest absolute Gasteiger partial charge is 0.468 e. The molecule has 0 amide bonds. The van der Waals surface area contributed by atoms with Crippen LogP contribution < -0.4 is 4.90 Å². The zero-order valence-electron chi connectivity index (χ0n) is 9.49. The summed E-state index contributed by atoms with van der Waals surface area (Å²) in [4.78, 5) is 30.1. The summed E-state index contributed by atoms with van der Waals surface area (Å²) in [6.07, 6.45) is 2.20. The van der Waals surface area contributed by atoms with Crippen molar-refractivity contribution in [2.75, 3.05) is 25.1 Å². The number of ether oxygens (including phenoxy) is 1. The van der Waals surface area contributed by atoms with Gasteiger partial charge in [0.15, 0.2) is 0 Å². The Hall–Kier alpha value is -2.25. The minimum Gasteiger partial charge on any atom is -0.468 e. The van der Waals surface area contributed by atoms with Gasteiger partial charge in [0.25, 0.3) is 0 Å². The standard InChI is InChI=1S/C9H12N4O4/c1-3-12(6-8(14)17-2)9-10-4-7(5-11-9)13(15)16/h4-5H,3,6H2,1-2H3. The van der Waals surface area contributed by atoms with Crippen molar-refractivity contribution in [3.8, 4) is 0 Å². The minimum atomic E-state index is -0.583. The first kappa shape index (κ1) is 12.8. The molecule has 1 aromatic heterocycles. The highest BCUT2D eigenvalue weighted by molar-refractivity contribution is 5.74. The summed E-state index contributed by atoms with van der Waals surface area (Å²) < 4.78 is 4.52. The molecule has 17 heavy (non-hydrogen) atoms. The lowest BCUT2D eigenvalue weighted by Gasteiger charge is -2.18. The Kier molecular flexibility index (Phi) is 4.32. The third-order valence-electron chi connectivity index (χ3n) is 2.05. The maximum Gasteiger partial charge on any atom is 0.325 e. The van der Waals surface area contributed by atoms with Gasteiger partial charge in [0, 0.05) is 6.54 Å². The summed E-state index contributed by atoms with van der Waals surface area (Å²) in [7, 11) is 1.28. The van der Waals surface area contributed by atoms with Gasteiger partial charge in [0.2, 0.25) is 5.95 Å². The van der Waals surface area contributed by atoms with Crippen molar-refractivity contribution in [2.45, 2.75) is 6.92 Å². The first-order valence-corrected chi connectivity index (χ1v) is 4.86. The molecule has 0 aliphatic heterocycles. The molecule has 0 atom stereocenters. The molecule has 0 spiro atoms. The lowest BCUT2D eigenvalue weighted by atomic mass is 10.5. The first-order chi connectivity index (χ1) is 8.08. The molecular weight excluding hydrogens is 228 g/mol. The second kappa shape index (κ2) is 5.73. The number of likely N-dealkylation sites (N-methyl/N-ethyl adjacent to an activating group) is 1. The van der Waals surface area contributed by atoms with Crippen LogP contribution in [0.25, 0.3) is 0 Å². The van der Waals surface area contributed by atoms with Crippen molar-refractivity contribution >= 4 is 17.6 Å². The van der Waals surface area contributed by atoms with Crippen LogP contribution in [0, 0.1) is 10.1 Å². The molecule has 0 aliphatic carbocycles. The number of nitrogens with zero attached hydrogens (tertiary/aromatic N) is 4. The third kappa shape index (κ3) is 3.37. The molecule has 0 aromatic carbocycles. The highest BCUT2D eigenvalue weighted by atomic mass is 16.6. The van der Waals surface area contributed by atoms with Gasteiger partial charge >= 0.3 is 11.7 Å². The van der Waals surface area contributed by atoms with Crippen molar-refractivity contribution in [2.24, 2.45) is 0 Å². The monoisotopic (exact) mass is 240 g/mol. The fourth-order valence-corrected chi connectivity index (χ4v) is 1.12. The number of carbonyl (C=O) groups excluding carboxylic acids is 1. The van der Waals surface area contributed by atoms with Crippen LogP contribution >= 0.6 is 0 Å². The number of anilines is 1. The molecule has 1 heterocycles. The Morgan fingerprint density at radius 2 is 2.12 bits per heavy atom. The van der Waals surface area contributed by atoms with Gasteiger partial charge in [-0.15, -0.1) is 0 Å². The van der Waals surface area contributed by atoms with Gasteiger partial charge in [-0.25, -0.2) is 9.97 Å². The van der Waals surface area contributed by atoms with Gasteiger partial charge in [-0.05, 0) is 6.92 Å². The van der Waals surface area contributed by atoms with Gasteiger partial charge in [0.05, 0.1) is 12.0 Å². The Morgan fingerprint density at radius 3 is 2.53 bits per heavy atom. The van der Waals surface area contributed by atoms with E-state index in [0.29, 0.717) is 6.54 Å². The maximum atomic E-state index is 11.1. The molecular formula is C9H12N4O4. The van der Waals surface area contributed by atoms with Gasteiger partial charge < -0.3 is 9.64 Å². The van der Waals surface area contributed by atoms with E-state index in [4.69, 9.17) is 0 Å². The van der Waals surface area contributed by atoms with Crippen LogP contribution in [0.2, 0.25) is 0 Å². The Balaban J connectivity index is 2.82. The molecule has 0 bridgehead atoms. The Labute approximate surface area is 97.4 Å². The molecule has 92 valence electrons. The normalized spacial score (nSPS) is 9.76. The number of nitro groups is 1. The number of hydrogen-bond donors (Lipinski definition) is 0. The molecule has 1 aromatic rings. The summed E-state index contributed by atoms with van der Waals surface area (Å²) in [5, 5.41) is 10.4. The zero-order chi connectivity index (χ0) is 12.8. The Morgan fingerprint density at radius 1 is 1.53 bits per heavy atom. The average molecular weight is 240 g/mol. The quantitative estimate of drug-likeness (QED) is 0.417. The molecule has 0 fully saturated rings. The molecule has 8 nitrogen and oxygen atoms in total. The van der Waals surface area contributed by atoms with Crippen LogP contribution in [0.1, 0.15) is 6.92 Å². The number of rotatable bonds is 5. The van der Waals surface area contributed by atoms with E-state index >= 15 is 0 Å². The zero-order valence-corrected chi connectivity index (χ0v) is 9.49. The van der Waals surface area contributed by atoms with Crippen molar-refractivity contribution in [3.05, 3.63) is 22.5 Å². The molecule has 0 radical (unpaired) electrons. The molecule has 0 N–H and O–H groups in total. The van der Waals surface area contributed by atoms with Gasteiger partial charge in [-0.3, -0.25) is 14.9 Å². The van der Waals surface area contributed by atoms with Crippen molar-refractivity contribution in [1.29, 1.82) is 0 Å². The van der Waals surface area contributed by atoms with Crippen molar-refractivity contribution < 1.29 is 14.5 Å². The van der Waals surface area contributed by atoms with E-state index in [9.17, 15) is 14.9 Å². The molecule has 0 unspecified atom stereocenters. The van der Waals surface area contributed by atoms with Crippen LogP contribution in [0.4, 0.5) is 11.6 Å². The second-order valence-corrected chi connectivity index (χ2v) is 3.09. The maximum absolute atomic E-state index is 11.1. The summed E-state index contributed by atoms with van der Waals surface area (Å²) in [6, 6.07) is 0. The molecule has 0 saturated heterocycles. The lowest BCUT2D eigenvalue weighted by molar-refractivity contribution is -0.385. The number of hydrogen-bond acceptors (Lipinski definition) is 7. The number of methoxy groups -OCH3 is 1. The number of carbonyl (C=O) groups is 1. The second-order valence-electron chi connectivity index (χ2n) is 3.09. The Bertz CT molecular complexity index is 406. The lowest BCUT2D eigenvalue weighted by Crippen LogP contribution is -2.31. The summed E-state index contributed by atoms with van der Waals surface area (Å²) in [5.41, 5.74) is -0.192. The van der Waals surface area contributed by atoms with Gasteiger partial charge in [-0.2, -0.15) is 0 Å². The summed E-state index contributed by atoms with van der Waals surface area (Å²) in [5.74, 6) is -0.169. The molecule has 0 saturated carbocycles. The first-order valence-electron chi connectivity index (χ1n) is 4.86. The van der Waals surface area contributed by atoms with E-state index in [1.54, 1.807) is 4.90 Å². The van der Waals surface area contributed by atoms with E-state index < -0.39 is 10.9 Å². The third-order valence-corrected chi connectivity index (χ3v) is 2.05. The minimum absolute atomic E-state index is 0.00477. The highest BCUT2D eigenvalue weighted by Crippen LogP contribution is 2.11. The van der Waals surface area contributed by atoms with E-state index in [1.807, 2.05) is 6.92 Å². The van der Waals surface area contributed by atoms with Crippen LogP contribution in [0.5, 0.6) is 0 Å². The smallest absolute Gasteiger partial charge is 0.325 e. The molecule has 8 heteroatoms. The summed E-state index contributed by atoms with van der Waals surface area (Å²) >= 11 is 0. The highest BCUT2D eigenvalue weighted by Gasteiger charge is 2.14. The van der Waals surface area contributed by atoms with Crippen molar-refractivity contribution in [3.63, 3.8) is 0 Å². The van der Waals surface area contributed by atoms with Crippen LogP contribution in [0.15, 0.2) is 12.4 Å². The predicted octanol–water partition coefficient (Wildman–Crippen LogP) is 0.384. The molecule has 1 rings (SSSR count). The van der Waals surface area contributed by atoms with Crippen LogP contribution in [0.3, 0.4) is 0 Å². The van der Waals surface area contributed by atoms with Crippen LogP contribution in [-0.2, 0) is 9.53 Å². The van der Waals surface area contributed by atoms with Crippen LogP contribution in [-0.4, -0.2) is 41.1 Å². The number of esters is 1. The topological polar surface area (TPSA) is 98.5 Å². The number of aromatic nitrogens is 2. The van der Waals surface area contributed by atoms with Gasteiger partial charge in [0.1, 0.15) is 18.9 Å². The van der Waals surface area contributed by atoms with E-state index in [0.717, 1.165) is 12.4 Å². The van der Waals surface area contributed by atoms with Gasteiger partial charge in [-0.1, -0.05) is 0 Å². The van der Waals surface area contributed by atoms with E-state index in [1.165, 1.54) is 7.11 Å². The fourth-order valence-electron chi connectivity index (χ4n) is 1.12. The summed E-state index contributed by atoms with van der Waals surface area (Å²) in [6.45, 7) is 2.31. The molecule has 0 aliphatic rings. The van der Waals surface area contributed by atoms with Crippen molar-refractivity contribution in [1.82, 2.24) is 9.97 Å². The average Bonchev–Trinajstić information content (AvgIpc) is 2.35. The SMILES string of the molecule is CCN(CC(=O)OC)c1ncc([N+](=O)[O-])cn1.